The van der Waals surface area contributed by atoms with E-state index >= 15 is 0 Å². The van der Waals surface area contributed by atoms with E-state index in [4.69, 9.17) is 4.74 Å². The third-order valence-corrected chi connectivity index (χ3v) is 3.47. The Bertz CT molecular complexity index is 194. The van der Waals surface area contributed by atoms with Crippen molar-refractivity contribution in [3.63, 3.8) is 0 Å². The second-order valence-electron chi connectivity index (χ2n) is 5.57. The summed E-state index contributed by atoms with van der Waals surface area (Å²) in [5.74, 6) is 0.790. The van der Waals surface area contributed by atoms with Crippen LogP contribution in [0.2, 0.25) is 0 Å². The minimum absolute atomic E-state index is 0.00761. The second-order valence-corrected chi connectivity index (χ2v) is 6.22. The van der Waals surface area contributed by atoms with E-state index in [2.05, 4.69) is 48.5 Å². The van der Waals surface area contributed by atoms with Crippen LogP contribution in [0.1, 0.15) is 34.1 Å². The molecule has 90 valence electrons. The van der Waals surface area contributed by atoms with Gasteiger partial charge in [0.2, 0.25) is 0 Å². The van der Waals surface area contributed by atoms with Crippen molar-refractivity contribution in [1.82, 2.24) is 4.90 Å². The summed E-state index contributed by atoms with van der Waals surface area (Å²) in [5, 5.41) is 0.939. The van der Waals surface area contributed by atoms with Crippen LogP contribution in [0.4, 0.5) is 0 Å². The summed E-state index contributed by atoms with van der Waals surface area (Å²) in [6.07, 6.45) is 1.63. The lowest BCUT2D eigenvalue weighted by Crippen LogP contribution is -2.53. The van der Waals surface area contributed by atoms with Gasteiger partial charge in [0.05, 0.1) is 11.7 Å². The lowest BCUT2D eigenvalue weighted by Gasteiger charge is -2.42. The summed E-state index contributed by atoms with van der Waals surface area (Å²) >= 11 is 3.52. The summed E-state index contributed by atoms with van der Waals surface area (Å²) in [7, 11) is 0. The fourth-order valence-electron chi connectivity index (χ4n) is 2.11. The van der Waals surface area contributed by atoms with Crippen LogP contribution in [0.5, 0.6) is 0 Å². The van der Waals surface area contributed by atoms with Crippen molar-refractivity contribution in [2.75, 3.05) is 25.0 Å². The van der Waals surface area contributed by atoms with Crippen LogP contribution in [0.25, 0.3) is 0 Å². The van der Waals surface area contributed by atoms with Gasteiger partial charge in [-0.15, -0.1) is 0 Å². The fraction of sp³-hybridized carbons (Fsp3) is 1.00. The number of alkyl halides is 1. The molecule has 1 rings (SSSR count). The van der Waals surface area contributed by atoms with Gasteiger partial charge in [0.1, 0.15) is 0 Å². The van der Waals surface area contributed by atoms with Crippen LogP contribution < -0.4 is 0 Å². The largest absolute Gasteiger partial charge is 0.369 e. The number of rotatable bonds is 4. The highest BCUT2D eigenvalue weighted by molar-refractivity contribution is 9.09. The van der Waals surface area contributed by atoms with Crippen LogP contribution >= 0.6 is 15.9 Å². The molecule has 1 unspecified atom stereocenters. The van der Waals surface area contributed by atoms with Crippen molar-refractivity contribution in [2.24, 2.45) is 5.92 Å². The van der Waals surface area contributed by atoms with Crippen molar-refractivity contribution in [1.29, 1.82) is 0 Å². The van der Waals surface area contributed by atoms with Gasteiger partial charge in [-0.2, -0.15) is 0 Å². The normalized spacial score (nSPS) is 27.2. The highest BCUT2D eigenvalue weighted by Crippen LogP contribution is 2.22. The smallest absolute Gasteiger partial charge is 0.0806 e. The predicted octanol–water partition coefficient (Wildman–Crippen LogP) is 2.91. The Morgan fingerprint density at radius 2 is 2.13 bits per heavy atom. The molecule has 0 bridgehead atoms. The molecule has 1 atom stereocenters. The average molecular weight is 278 g/mol. The van der Waals surface area contributed by atoms with Crippen LogP contribution in [-0.2, 0) is 4.74 Å². The molecule has 0 aliphatic carbocycles. The van der Waals surface area contributed by atoms with Gasteiger partial charge in [0.25, 0.3) is 0 Å². The van der Waals surface area contributed by atoms with E-state index in [1.807, 2.05) is 0 Å². The van der Waals surface area contributed by atoms with Crippen LogP contribution in [0, 0.1) is 5.92 Å². The number of ether oxygens (including phenoxy) is 1. The summed E-state index contributed by atoms with van der Waals surface area (Å²) in [6.45, 7) is 12.3. The molecule has 0 spiro atoms. The molecule has 0 N–H and O–H groups in total. The summed E-state index contributed by atoms with van der Waals surface area (Å²) in [5.41, 5.74) is 0.00761. The highest BCUT2D eigenvalue weighted by atomic mass is 79.9. The summed E-state index contributed by atoms with van der Waals surface area (Å²) < 4.78 is 5.97. The van der Waals surface area contributed by atoms with Gasteiger partial charge >= 0.3 is 0 Å². The van der Waals surface area contributed by atoms with Gasteiger partial charge in [-0.3, -0.25) is 4.90 Å². The Morgan fingerprint density at radius 1 is 1.47 bits per heavy atom. The molecule has 0 saturated carbocycles. The number of hydrogen-bond donors (Lipinski definition) is 0. The maximum atomic E-state index is 5.97. The first-order valence-electron chi connectivity index (χ1n) is 5.89. The van der Waals surface area contributed by atoms with Crippen LogP contribution in [0.15, 0.2) is 0 Å². The molecule has 3 heteroatoms. The molecular weight excluding hydrogens is 254 g/mol. The molecule has 1 heterocycles. The third kappa shape index (κ3) is 4.83. The van der Waals surface area contributed by atoms with Gasteiger partial charge in [0.15, 0.2) is 0 Å². The number of hydrogen-bond acceptors (Lipinski definition) is 2. The molecule has 1 aliphatic heterocycles. The zero-order chi connectivity index (χ0) is 11.5. The molecule has 1 saturated heterocycles. The second kappa shape index (κ2) is 5.65. The number of morpholine rings is 1. The minimum Gasteiger partial charge on any atom is -0.369 e. The molecule has 1 aliphatic rings. The van der Waals surface area contributed by atoms with Gasteiger partial charge < -0.3 is 4.74 Å². The molecule has 15 heavy (non-hydrogen) atoms. The SMILES string of the molecule is CC(C)CCN1CC(CBr)OC(C)(C)C1. The Labute approximate surface area is 102 Å². The first-order chi connectivity index (χ1) is 6.93. The Hall–Kier alpha value is 0.400. The lowest BCUT2D eigenvalue weighted by molar-refractivity contribution is -0.126. The van der Waals surface area contributed by atoms with Crippen molar-refractivity contribution in [3.05, 3.63) is 0 Å². The summed E-state index contributed by atoms with van der Waals surface area (Å²) in [4.78, 5) is 2.54. The third-order valence-electron chi connectivity index (χ3n) is 2.75. The van der Waals surface area contributed by atoms with Gasteiger partial charge in [-0.1, -0.05) is 29.8 Å². The molecule has 0 aromatic carbocycles. The fourth-order valence-corrected chi connectivity index (χ4v) is 2.45. The number of nitrogens with zero attached hydrogens (tertiary/aromatic N) is 1. The van der Waals surface area contributed by atoms with Crippen molar-refractivity contribution < 1.29 is 4.74 Å². The molecule has 0 radical (unpaired) electrons. The molecule has 1 fully saturated rings. The summed E-state index contributed by atoms with van der Waals surface area (Å²) in [6, 6.07) is 0. The Morgan fingerprint density at radius 3 is 2.67 bits per heavy atom. The Kier molecular flexibility index (Phi) is 5.07. The van der Waals surface area contributed by atoms with E-state index in [-0.39, 0.29) is 5.60 Å². The van der Waals surface area contributed by atoms with E-state index in [1.54, 1.807) is 0 Å². The number of halogens is 1. The molecule has 0 aromatic rings. The first kappa shape index (κ1) is 13.5. The van der Waals surface area contributed by atoms with E-state index in [0.29, 0.717) is 6.10 Å². The minimum atomic E-state index is 0.00761. The van der Waals surface area contributed by atoms with Crippen LogP contribution in [0.3, 0.4) is 0 Å². The standard InChI is InChI=1S/C12H24BrNO/c1-10(2)5-6-14-8-11(7-13)15-12(3,4)9-14/h10-11H,5-9H2,1-4H3. The monoisotopic (exact) mass is 277 g/mol. The van der Waals surface area contributed by atoms with E-state index < -0.39 is 0 Å². The van der Waals surface area contributed by atoms with E-state index in [0.717, 1.165) is 24.3 Å². The topological polar surface area (TPSA) is 12.5 Å². The quantitative estimate of drug-likeness (QED) is 0.733. The zero-order valence-electron chi connectivity index (χ0n) is 10.4. The average Bonchev–Trinajstić information content (AvgIpc) is 2.12. The lowest BCUT2D eigenvalue weighted by atomic mass is 10.0. The molecule has 0 aromatic heterocycles. The van der Waals surface area contributed by atoms with E-state index in [9.17, 15) is 0 Å². The molecule has 0 amide bonds. The highest BCUT2D eigenvalue weighted by Gasteiger charge is 2.32. The van der Waals surface area contributed by atoms with Crippen molar-refractivity contribution >= 4 is 15.9 Å². The van der Waals surface area contributed by atoms with Crippen molar-refractivity contribution in [2.45, 2.75) is 45.8 Å². The van der Waals surface area contributed by atoms with Crippen LogP contribution in [-0.4, -0.2) is 41.6 Å². The zero-order valence-corrected chi connectivity index (χ0v) is 12.0. The van der Waals surface area contributed by atoms with Gasteiger partial charge in [-0.05, 0) is 32.7 Å². The van der Waals surface area contributed by atoms with E-state index in [1.165, 1.54) is 13.0 Å². The van der Waals surface area contributed by atoms with Gasteiger partial charge in [0, 0.05) is 18.4 Å². The molecular formula is C12H24BrNO. The predicted molar refractivity (Wildman–Crippen MR) is 68.6 cm³/mol. The van der Waals surface area contributed by atoms with Crippen molar-refractivity contribution in [3.8, 4) is 0 Å². The first-order valence-corrected chi connectivity index (χ1v) is 7.01. The van der Waals surface area contributed by atoms with Gasteiger partial charge in [-0.25, -0.2) is 0 Å². The maximum Gasteiger partial charge on any atom is 0.0806 e. The maximum absolute atomic E-state index is 5.97. The Balaban J connectivity index is 2.43. The molecule has 2 nitrogen and oxygen atoms in total.